The van der Waals surface area contributed by atoms with Gasteiger partial charge in [0.2, 0.25) is 0 Å². The molecule has 12 heavy (non-hydrogen) atoms. The molecule has 2 heteroatoms. The first kappa shape index (κ1) is 6.89. The van der Waals surface area contributed by atoms with Gasteiger partial charge in [0.1, 0.15) is 5.57 Å². The predicted octanol–water partition coefficient (Wildman–Crippen LogP) is 1.78. The molecule has 1 aliphatic carbocycles. The average Bonchev–Trinajstić information content (AvgIpc) is 2.47. The fourth-order valence-corrected chi connectivity index (χ4v) is 1.26. The number of carboxylic acid groups (broad SMARTS) is 1. The zero-order chi connectivity index (χ0) is 8.55. The Hall–Kier alpha value is -1.79. The number of hydrogen-bond donors (Lipinski definition) is 1. The van der Waals surface area contributed by atoms with Crippen molar-refractivity contribution in [1.29, 1.82) is 0 Å². The van der Waals surface area contributed by atoms with Gasteiger partial charge in [0.15, 0.2) is 0 Å². The monoisotopic (exact) mass is 158 g/mol. The molecule has 0 aromatic heterocycles. The van der Waals surface area contributed by atoms with Crippen LogP contribution in [0.2, 0.25) is 0 Å². The summed E-state index contributed by atoms with van der Waals surface area (Å²) in [6, 6.07) is 7.36. The third-order valence-electron chi connectivity index (χ3n) is 1.82. The van der Waals surface area contributed by atoms with Crippen molar-refractivity contribution in [1.82, 2.24) is 0 Å². The van der Waals surface area contributed by atoms with E-state index in [-0.39, 0.29) is 5.57 Å². The average molecular weight is 158 g/mol. The Kier molecular flexibility index (Phi) is 1.36. The molecule has 0 saturated heterocycles. The lowest BCUT2D eigenvalue weighted by molar-refractivity contribution is -0.130. The van der Waals surface area contributed by atoms with E-state index in [0.29, 0.717) is 0 Å². The molecule has 0 bridgehead atoms. The SMILES string of the molecule is O=C(O)C1=C=Cc2ccccc21. The highest BCUT2D eigenvalue weighted by atomic mass is 16.4. The Bertz CT molecular complexity index is 410. The van der Waals surface area contributed by atoms with Gasteiger partial charge in [-0.2, -0.15) is 0 Å². The summed E-state index contributed by atoms with van der Waals surface area (Å²) < 4.78 is 0. The summed E-state index contributed by atoms with van der Waals surface area (Å²) in [6.45, 7) is 0. The number of hydrogen-bond acceptors (Lipinski definition) is 1. The summed E-state index contributed by atoms with van der Waals surface area (Å²) in [5.74, 6) is -0.920. The van der Waals surface area contributed by atoms with Gasteiger partial charge in [0.05, 0.1) is 0 Å². The van der Waals surface area contributed by atoms with Gasteiger partial charge in [0.25, 0.3) is 0 Å². The highest BCUT2D eigenvalue weighted by molar-refractivity contribution is 6.18. The Morgan fingerprint density at radius 2 is 2.08 bits per heavy atom. The van der Waals surface area contributed by atoms with Crippen LogP contribution >= 0.6 is 0 Å². The van der Waals surface area contributed by atoms with Gasteiger partial charge in [-0.1, -0.05) is 24.3 Å². The van der Waals surface area contributed by atoms with Gasteiger partial charge in [-0.3, -0.25) is 0 Å². The highest BCUT2D eigenvalue weighted by Gasteiger charge is 2.15. The summed E-state index contributed by atoms with van der Waals surface area (Å²) in [7, 11) is 0. The van der Waals surface area contributed by atoms with E-state index in [2.05, 4.69) is 5.73 Å². The van der Waals surface area contributed by atoms with E-state index in [1.807, 2.05) is 18.2 Å². The molecule has 58 valence electrons. The van der Waals surface area contributed by atoms with E-state index in [1.165, 1.54) is 0 Å². The number of benzene rings is 1. The number of carbonyl (C=O) groups is 1. The lowest BCUT2D eigenvalue weighted by atomic mass is 10.1. The maximum absolute atomic E-state index is 10.6. The van der Waals surface area contributed by atoms with Crippen molar-refractivity contribution in [2.75, 3.05) is 0 Å². The van der Waals surface area contributed by atoms with Gasteiger partial charge in [0, 0.05) is 5.56 Å². The molecule has 2 nitrogen and oxygen atoms in total. The molecular formula is C10H6O2. The van der Waals surface area contributed by atoms with Crippen molar-refractivity contribution in [3.63, 3.8) is 0 Å². The van der Waals surface area contributed by atoms with Crippen molar-refractivity contribution in [3.8, 4) is 0 Å². The quantitative estimate of drug-likeness (QED) is 0.632. The first-order valence-corrected chi connectivity index (χ1v) is 3.58. The standard InChI is InChI=1S/C10H6O2/c11-10(12)9-6-5-7-3-1-2-4-8(7)9/h1-5H,(H,11,12). The summed E-state index contributed by atoms with van der Waals surface area (Å²) in [5.41, 5.74) is 4.65. The van der Waals surface area contributed by atoms with Crippen LogP contribution in [0.5, 0.6) is 0 Å². The second kappa shape index (κ2) is 2.36. The topological polar surface area (TPSA) is 37.3 Å². The van der Waals surface area contributed by atoms with E-state index in [4.69, 9.17) is 5.11 Å². The van der Waals surface area contributed by atoms with E-state index in [0.717, 1.165) is 11.1 Å². The van der Waals surface area contributed by atoms with Crippen LogP contribution in [0, 0.1) is 0 Å². The molecular weight excluding hydrogens is 152 g/mol. The number of fused-ring (bicyclic) bond motifs is 1. The van der Waals surface area contributed by atoms with Crippen molar-refractivity contribution < 1.29 is 9.90 Å². The van der Waals surface area contributed by atoms with Crippen molar-refractivity contribution >= 4 is 17.6 Å². The van der Waals surface area contributed by atoms with Gasteiger partial charge >= 0.3 is 5.97 Å². The van der Waals surface area contributed by atoms with Gasteiger partial charge < -0.3 is 5.11 Å². The normalized spacial score (nSPS) is 12.5. The molecule has 0 saturated carbocycles. The maximum atomic E-state index is 10.6. The minimum absolute atomic E-state index is 0.255. The second-order valence-corrected chi connectivity index (χ2v) is 2.56. The first-order valence-electron chi connectivity index (χ1n) is 3.58. The molecule has 0 radical (unpaired) electrons. The molecule has 0 fully saturated rings. The molecule has 0 aliphatic heterocycles. The molecule has 1 aliphatic rings. The number of rotatable bonds is 1. The molecule has 2 rings (SSSR count). The zero-order valence-corrected chi connectivity index (χ0v) is 6.24. The smallest absolute Gasteiger partial charge is 0.344 e. The van der Waals surface area contributed by atoms with Crippen LogP contribution in [-0.4, -0.2) is 11.1 Å². The molecule has 0 unspecified atom stereocenters. The summed E-state index contributed by atoms with van der Waals surface area (Å²) >= 11 is 0. The second-order valence-electron chi connectivity index (χ2n) is 2.56. The van der Waals surface area contributed by atoms with Crippen molar-refractivity contribution in [2.45, 2.75) is 0 Å². The van der Waals surface area contributed by atoms with E-state index in [9.17, 15) is 4.79 Å². The first-order chi connectivity index (χ1) is 5.79. The van der Waals surface area contributed by atoms with Gasteiger partial charge in [-0.25, -0.2) is 4.79 Å². The fourth-order valence-electron chi connectivity index (χ4n) is 1.26. The molecule has 0 heterocycles. The van der Waals surface area contributed by atoms with Crippen LogP contribution in [-0.2, 0) is 4.79 Å². The minimum atomic E-state index is -0.920. The van der Waals surface area contributed by atoms with Crippen LogP contribution in [0.4, 0.5) is 0 Å². The van der Waals surface area contributed by atoms with Gasteiger partial charge in [-0.05, 0) is 11.6 Å². The van der Waals surface area contributed by atoms with Gasteiger partial charge in [-0.15, -0.1) is 5.73 Å². The molecule has 0 spiro atoms. The van der Waals surface area contributed by atoms with Crippen LogP contribution in [0.3, 0.4) is 0 Å². The third kappa shape index (κ3) is 0.865. The van der Waals surface area contributed by atoms with Crippen molar-refractivity contribution in [2.24, 2.45) is 0 Å². The summed E-state index contributed by atoms with van der Waals surface area (Å²) in [5, 5.41) is 8.74. The van der Waals surface area contributed by atoms with E-state index >= 15 is 0 Å². The Morgan fingerprint density at radius 1 is 1.33 bits per heavy atom. The van der Waals surface area contributed by atoms with E-state index < -0.39 is 5.97 Å². The number of aliphatic carboxylic acids is 1. The Labute approximate surface area is 69.5 Å². The molecule has 0 amide bonds. The Balaban J connectivity index is 2.59. The third-order valence-corrected chi connectivity index (χ3v) is 1.82. The lowest BCUT2D eigenvalue weighted by Crippen LogP contribution is -1.97. The van der Waals surface area contributed by atoms with E-state index in [1.54, 1.807) is 12.1 Å². The summed E-state index contributed by atoms with van der Waals surface area (Å²) in [4.78, 5) is 10.6. The van der Waals surface area contributed by atoms with Crippen LogP contribution < -0.4 is 0 Å². The molecule has 1 aromatic carbocycles. The zero-order valence-electron chi connectivity index (χ0n) is 6.24. The number of carboxylic acids is 1. The Morgan fingerprint density at radius 3 is 2.83 bits per heavy atom. The maximum Gasteiger partial charge on any atom is 0.344 e. The molecule has 1 N–H and O–H groups in total. The fraction of sp³-hybridized carbons (Fsp3) is 0. The largest absolute Gasteiger partial charge is 0.477 e. The van der Waals surface area contributed by atoms with Crippen LogP contribution in [0.15, 0.2) is 30.0 Å². The lowest BCUT2D eigenvalue weighted by Gasteiger charge is -1.98. The van der Waals surface area contributed by atoms with Crippen LogP contribution in [0.1, 0.15) is 11.1 Å². The minimum Gasteiger partial charge on any atom is -0.477 e. The summed E-state index contributed by atoms with van der Waals surface area (Å²) in [6.07, 6.45) is 1.69. The predicted molar refractivity (Wildman–Crippen MR) is 45.5 cm³/mol. The highest BCUT2D eigenvalue weighted by Crippen LogP contribution is 2.24. The molecule has 0 atom stereocenters. The van der Waals surface area contributed by atoms with Crippen LogP contribution in [0.25, 0.3) is 11.6 Å². The van der Waals surface area contributed by atoms with Crippen molar-refractivity contribution in [3.05, 3.63) is 41.1 Å². The molecule has 1 aromatic rings.